The summed E-state index contributed by atoms with van der Waals surface area (Å²) in [6, 6.07) is 14.2. The summed E-state index contributed by atoms with van der Waals surface area (Å²) in [6.07, 6.45) is 2.45. The molecular weight excluding hydrogens is 502 g/mol. The van der Waals surface area contributed by atoms with E-state index in [1.807, 2.05) is 46.8 Å². The van der Waals surface area contributed by atoms with Gasteiger partial charge in [0.15, 0.2) is 11.4 Å². The number of nitrogens with one attached hydrogen (secondary N) is 1. The second kappa shape index (κ2) is 10.2. The van der Waals surface area contributed by atoms with Gasteiger partial charge in [0.25, 0.3) is 10.0 Å². The molecule has 0 bridgehead atoms. The van der Waals surface area contributed by atoms with Gasteiger partial charge in [-0.1, -0.05) is 71.7 Å². The number of fused-ring (bicyclic) bond motifs is 1. The second-order valence-corrected chi connectivity index (χ2v) is 13.1. The fraction of sp³-hybridized carbons (Fsp3) is 0.483. The fourth-order valence-electron chi connectivity index (χ4n) is 5.69. The largest absolute Gasteiger partial charge is 0.450 e. The average Bonchev–Trinajstić information content (AvgIpc) is 3.39. The first-order chi connectivity index (χ1) is 17.9. The first kappa shape index (κ1) is 27.8. The van der Waals surface area contributed by atoms with Crippen molar-refractivity contribution in [2.75, 3.05) is 11.4 Å². The van der Waals surface area contributed by atoms with Crippen molar-refractivity contribution in [3.05, 3.63) is 54.1 Å². The number of Topliss-reactive ketones (excluding diaryl/α,β-unsaturated/α-hetero) is 1. The molecule has 2 aromatic carbocycles. The maximum Gasteiger partial charge on any atom is 0.318 e. The zero-order valence-electron chi connectivity index (χ0n) is 22.9. The predicted molar refractivity (Wildman–Crippen MR) is 147 cm³/mol. The van der Waals surface area contributed by atoms with Gasteiger partial charge in [0.1, 0.15) is 5.92 Å². The van der Waals surface area contributed by atoms with E-state index in [9.17, 15) is 18.0 Å². The van der Waals surface area contributed by atoms with E-state index in [4.69, 9.17) is 4.74 Å². The predicted octanol–water partition coefficient (Wildman–Crippen LogP) is 5.60. The molecule has 2 heterocycles. The lowest BCUT2D eigenvalue weighted by Gasteiger charge is -2.34. The van der Waals surface area contributed by atoms with Gasteiger partial charge in [0.05, 0.1) is 16.7 Å². The van der Waals surface area contributed by atoms with Crippen LogP contribution in [0.3, 0.4) is 0 Å². The number of anilines is 1. The number of sulfonamides is 1. The Labute approximate surface area is 224 Å². The normalized spacial score (nSPS) is 18.5. The zero-order chi connectivity index (χ0) is 27.9. The number of carbonyl (C=O) groups is 2. The second-order valence-electron chi connectivity index (χ2n) is 11.2. The quantitative estimate of drug-likeness (QED) is 0.280. The van der Waals surface area contributed by atoms with Crippen LogP contribution in [0.1, 0.15) is 71.8 Å². The summed E-state index contributed by atoms with van der Waals surface area (Å²) in [6.45, 7) is 9.92. The molecule has 204 valence electrons. The van der Waals surface area contributed by atoms with Crippen LogP contribution in [0.25, 0.3) is 11.0 Å². The number of cyclic esters (lactones) is 1. The number of carbonyl (C=O) groups excluding carboxylic acids is 2. The van der Waals surface area contributed by atoms with Gasteiger partial charge >= 0.3 is 5.97 Å². The number of hydrogen-bond acceptors (Lipinski definition) is 6. The van der Waals surface area contributed by atoms with Gasteiger partial charge in [-0.25, -0.2) is 4.98 Å². The molecule has 1 aliphatic heterocycles. The van der Waals surface area contributed by atoms with Crippen molar-refractivity contribution < 1.29 is 22.7 Å². The molecule has 8 nitrogen and oxygen atoms in total. The highest BCUT2D eigenvalue weighted by Crippen LogP contribution is 2.49. The Balaban J connectivity index is 1.74. The maximum absolute atomic E-state index is 13.9. The number of aromatic nitrogens is 2. The van der Waals surface area contributed by atoms with Gasteiger partial charge in [-0.2, -0.15) is 8.42 Å². The van der Waals surface area contributed by atoms with Crippen LogP contribution < -0.4 is 4.31 Å². The Morgan fingerprint density at radius 3 is 2.32 bits per heavy atom. The summed E-state index contributed by atoms with van der Waals surface area (Å²) in [4.78, 5) is 34.3. The van der Waals surface area contributed by atoms with Crippen molar-refractivity contribution in [1.82, 2.24) is 9.97 Å². The number of hydrogen-bond donors (Lipinski definition) is 1. The van der Waals surface area contributed by atoms with Crippen molar-refractivity contribution in [3.63, 3.8) is 0 Å². The smallest absolute Gasteiger partial charge is 0.318 e. The summed E-state index contributed by atoms with van der Waals surface area (Å²) in [7, 11) is -2.53. The fourth-order valence-corrected chi connectivity index (χ4v) is 6.80. The topological polar surface area (TPSA) is 109 Å². The third-order valence-corrected chi connectivity index (χ3v) is 9.03. The molecule has 1 aliphatic rings. The number of H-pyrrole nitrogens is 1. The zero-order valence-corrected chi connectivity index (χ0v) is 23.8. The molecule has 1 aromatic heterocycles. The lowest BCUT2D eigenvalue weighted by molar-refractivity contribution is -0.154. The van der Waals surface area contributed by atoms with Crippen LogP contribution in [0.4, 0.5) is 5.69 Å². The summed E-state index contributed by atoms with van der Waals surface area (Å²) in [5, 5.41) is -0.155. The summed E-state index contributed by atoms with van der Waals surface area (Å²) in [5.74, 6) is -2.12. The van der Waals surface area contributed by atoms with Crippen molar-refractivity contribution in [1.29, 1.82) is 0 Å². The van der Waals surface area contributed by atoms with E-state index in [-0.39, 0.29) is 10.9 Å². The van der Waals surface area contributed by atoms with Crippen LogP contribution in [-0.4, -0.2) is 42.8 Å². The van der Waals surface area contributed by atoms with E-state index >= 15 is 0 Å². The number of rotatable bonds is 9. The van der Waals surface area contributed by atoms with Gasteiger partial charge in [0, 0.05) is 13.0 Å². The number of para-hydroxylation sites is 2. The van der Waals surface area contributed by atoms with Crippen LogP contribution in [0, 0.1) is 11.3 Å². The van der Waals surface area contributed by atoms with E-state index in [1.54, 1.807) is 36.4 Å². The number of esters is 1. The SMILES string of the molecule is CCCC1(CCC)OC(=O)C(C(c2cccc(N(C)S(=O)(=O)c3nc4ccccc4[nH]3)c2)C(C)(C)C)C1=O. The van der Waals surface area contributed by atoms with Gasteiger partial charge in [-0.3, -0.25) is 13.9 Å². The molecule has 2 unspecified atom stereocenters. The van der Waals surface area contributed by atoms with Crippen molar-refractivity contribution in [2.24, 2.45) is 11.3 Å². The Bertz CT molecular complexity index is 1420. The van der Waals surface area contributed by atoms with Crippen molar-refractivity contribution >= 4 is 38.5 Å². The molecule has 0 aliphatic carbocycles. The van der Waals surface area contributed by atoms with Crippen LogP contribution >= 0.6 is 0 Å². The Morgan fingerprint density at radius 2 is 1.71 bits per heavy atom. The van der Waals surface area contributed by atoms with E-state index in [1.165, 1.54) is 11.4 Å². The maximum atomic E-state index is 13.9. The minimum atomic E-state index is -4.00. The highest BCUT2D eigenvalue weighted by Gasteiger charge is 2.58. The Morgan fingerprint density at radius 1 is 1.05 bits per heavy atom. The molecule has 4 rings (SSSR count). The summed E-state index contributed by atoms with van der Waals surface area (Å²) >= 11 is 0. The molecule has 1 saturated heterocycles. The van der Waals surface area contributed by atoms with Crippen LogP contribution in [0.15, 0.2) is 53.7 Å². The van der Waals surface area contributed by atoms with Crippen LogP contribution in [0.2, 0.25) is 0 Å². The highest BCUT2D eigenvalue weighted by atomic mass is 32.2. The summed E-state index contributed by atoms with van der Waals surface area (Å²) in [5.41, 5.74) is 0.727. The minimum Gasteiger partial charge on any atom is -0.450 e. The van der Waals surface area contributed by atoms with Crippen molar-refractivity contribution in [3.8, 4) is 0 Å². The number of benzene rings is 2. The van der Waals surface area contributed by atoms with Gasteiger partial charge in [-0.15, -0.1) is 0 Å². The Kier molecular flexibility index (Phi) is 7.45. The van der Waals surface area contributed by atoms with Crippen LogP contribution in [0.5, 0.6) is 0 Å². The molecule has 38 heavy (non-hydrogen) atoms. The molecule has 2 atom stereocenters. The van der Waals surface area contributed by atoms with Crippen LogP contribution in [-0.2, 0) is 24.3 Å². The third kappa shape index (κ3) is 4.84. The summed E-state index contributed by atoms with van der Waals surface area (Å²) < 4.78 is 34.0. The standard InChI is InChI=1S/C29H37N3O5S/c1-7-16-29(17-8-2)25(33)23(26(34)37-29)24(28(3,4)5)19-12-11-13-20(18-19)32(6)38(35,36)27-30-21-14-9-10-15-22(21)31-27/h9-15,18,23-24H,7-8,16-17H2,1-6H3,(H,30,31). The molecule has 1 N–H and O–H groups in total. The third-order valence-electron chi connectivity index (χ3n) is 7.42. The van der Waals surface area contributed by atoms with E-state index in [2.05, 4.69) is 9.97 Å². The number of imidazole rings is 1. The van der Waals surface area contributed by atoms with Gasteiger partial charge < -0.3 is 9.72 Å². The molecule has 3 aromatic rings. The van der Waals surface area contributed by atoms with E-state index in [0.717, 1.165) is 12.8 Å². The van der Waals surface area contributed by atoms with E-state index < -0.39 is 38.8 Å². The number of aromatic amines is 1. The highest BCUT2D eigenvalue weighted by molar-refractivity contribution is 7.92. The first-order valence-corrected chi connectivity index (χ1v) is 14.6. The molecular formula is C29H37N3O5S. The molecule has 0 amide bonds. The van der Waals surface area contributed by atoms with E-state index in [0.29, 0.717) is 35.1 Å². The number of ether oxygens (including phenoxy) is 1. The monoisotopic (exact) mass is 539 g/mol. The number of nitrogens with zero attached hydrogens (tertiary/aromatic N) is 2. The Hall–Kier alpha value is -3.20. The van der Waals surface area contributed by atoms with Crippen molar-refractivity contribution in [2.45, 2.75) is 77.0 Å². The van der Waals surface area contributed by atoms with Gasteiger partial charge in [0.2, 0.25) is 5.16 Å². The average molecular weight is 540 g/mol. The minimum absolute atomic E-state index is 0.155. The molecule has 0 saturated carbocycles. The molecule has 0 spiro atoms. The molecule has 1 fully saturated rings. The molecule has 9 heteroatoms. The van der Waals surface area contributed by atoms with Gasteiger partial charge in [-0.05, 0) is 48.1 Å². The lowest BCUT2D eigenvalue weighted by atomic mass is 9.66. The first-order valence-electron chi connectivity index (χ1n) is 13.2. The lowest BCUT2D eigenvalue weighted by Crippen LogP contribution is -2.40. The molecule has 0 radical (unpaired) electrons. The number of ketones is 1.